The number of rotatable bonds is 4. The number of fused-ring (bicyclic) bond motifs is 10. The summed E-state index contributed by atoms with van der Waals surface area (Å²) in [5.74, 6) is 2.96. The molecule has 0 radical (unpaired) electrons. The second-order valence-corrected chi connectivity index (χ2v) is 11.0. The van der Waals surface area contributed by atoms with Gasteiger partial charge in [-0.15, -0.1) is 0 Å². The van der Waals surface area contributed by atoms with Crippen LogP contribution in [0.25, 0.3) is 45.6 Å². The molecule has 5 heterocycles. The molecule has 0 spiro atoms. The third kappa shape index (κ3) is 5.19. The van der Waals surface area contributed by atoms with Gasteiger partial charge in [0.05, 0.1) is 11.4 Å². The van der Waals surface area contributed by atoms with Crippen molar-refractivity contribution in [3.05, 3.63) is 191 Å². The van der Waals surface area contributed by atoms with E-state index in [-0.39, 0.29) is 21.1 Å². The van der Waals surface area contributed by atoms with Crippen LogP contribution in [-0.4, -0.2) is 19.1 Å². The van der Waals surface area contributed by atoms with Crippen LogP contribution < -0.4 is 9.80 Å². The third-order valence-electron chi connectivity index (χ3n) is 8.11. The van der Waals surface area contributed by atoms with Crippen LogP contribution in [0, 0.1) is 0 Å². The maximum absolute atomic E-state index is 5.15. The molecular weight excluding hydrogens is 764 g/mol. The summed E-state index contributed by atoms with van der Waals surface area (Å²) in [7, 11) is 0. The van der Waals surface area contributed by atoms with Crippen LogP contribution in [0.1, 0.15) is 23.0 Å². The van der Waals surface area contributed by atoms with E-state index in [4.69, 9.17) is 20.6 Å². The monoisotopic (exact) mass is 789 g/mol. The van der Waals surface area contributed by atoms with Gasteiger partial charge in [0, 0.05) is 23.8 Å². The van der Waals surface area contributed by atoms with E-state index in [2.05, 4.69) is 67.5 Å². The summed E-state index contributed by atoms with van der Waals surface area (Å²) in [6.45, 7) is 0. The summed E-state index contributed by atoms with van der Waals surface area (Å²) in [4.78, 5) is 14.5. The van der Waals surface area contributed by atoms with Crippen molar-refractivity contribution < 1.29 is 21.1 Å². The number of benzene rings is 4. The molecule has 0 aliphatic carbocycles. The van der Waals surface area contributed by atoms with Crippen LogP contribution in [-0.2, 0) is 21.1 Å². The molecular formula is C38H26N8Pt. The zero-order valence-corrected chi connectivity index (χ0v) is 27.2. The summed E-state index contributed by atoms with van der Waals surface area (Å²) in [6.07, 6.45) is 12.2. The number of nitrogens with zero attached hydrogens (tertiary/aromatic N) is 8. The molecule has 3 aliphatic heterocycles. The minimum Gasteiger partial charge on any atom is -0.434 e. The smallest absolute Gasteiger partial charge is 0.434 e. The van der Waals surface area contributed by atoms with Crippen LogP contribution in [0.15, 0.2) is 158 Å². The fraction of sp³-hybridized carbons (Fsp3) is 0. The number of imidazole rings is 2. The Balaban J connectivity index is 0.00000324. The number of hydrogen-bond acceptors (Lipinski definition) is 4. The molecule has 8 nitrogen and oxygen atoms in total. The van der Waals surface area contributed by atoms with Crippen LogP contribution >= 0.6 is 0 Å². The van der Waals surface area contributed by atoms with Crippen LogP contribution in [0.4, 0.5) is 11.4 Å². The van der Waals surface area contributed by atoms with E-state index in [0.717, 1.165) is 68.8 Å². The van der Waals surface area contributed by atoms with Crippen molar-refractivity contribution in [3.63, 3.8) is 0 Å². The number of anilines is 2. The van der Waals surface area contributed by atoms with E-state index in [0.29, 0.717) is 0 Å². The summed E-state index contributed by atoms with van der Waals surface area (Å²) in [5, 5.41) is 10.3. The fourth-order valence-electron chi connectivity index (χ4n) is 5.89. The second kappa shape index (κ2) is 11.8. The van der Waals surface area contributed by atoms with Gasteiger partial charge < -0.3 is 20.4 Å². The van der Waals surface area contributed by atoms with Crippen molar-refractivity contribution in [2.24, 2.45) is 0 Å². The van der Waals surface area contributed by atoms with Gasteiger partial charge in [0.1, 0.15) is 11.6 Å². The van der Waals surface area contributed by atoms with E-state index in [9.17, 15) is 0 Å². The van der Waals surface area contributed by atoms with Gasteiger partial charge in [-0.25, -0.2) is 9.97 Å². The summed E-state index contributed by atoms with van der Waals surface area (Å²) in [6, 6.07) is 40.9. The van der Waals surface area contributed by atoms with Gasteiger partial charge >= 0.3 is 21.1 Å². The predicted octanol–water partition coefficient (Wildman–Crippen LogP) is 8.75. The molecule has 47 heavy (non-hydrogen) atoms. The Morgan fingerprint density at radius 2 is 0.766 bits per heavy atom. The Kier molecular flexibility index (Phi) is 7.20. The molecule has 9 heteroatoms. The van der Waals surface area contributed by atoms with Gasteiger partial charge in [0.2, 0.25) is 0 Å². The summed E-state index contributed by atoms with van der Waals surface area (Å²) in [5.41, 5.74) is 6.99. The van der Waals surface area contributed by atoms with Crippen molar-refractivity contribution in [2.75, 3.05) is 9.80 Å². The van der Waals surface area contributed by atoms with Crippen molar-refractivity contribution in [1.82, 2.24) is 19.1 Å². The Labute approximate surface area is 286 Å². The maximum Gasteiger partial charge on any atom is 2.00 e. The molecule has 3 aliphatic rings. The third-order valence-corrected chi connectivity index (χ3v) is 8.11. The van der Waals surface area contributed by atoms with E-state index in [1.165, 1.54) is 0 Å². The van der Waals surface area contributed by atoms with Gasteiger partial charge in [0.25, 0.3) is 0 Å². The van der Waals surface area contributed by atoms with Gasteiger partial charge in [-0.3, -0.25) is 9.13 Å². The van der Waals surface area contributed by atoms with Gasteiger partial charge in [-0.2, -0.15) is 0 Å². The average Bonchev–Trinajstić information content (AvgIpc) is 3.92. The zero-order chi connectivity index (χ0) is 30.5. The topological polar surface area (TPSA) is 70.3 Å². The molecule has 0 saturated heterocycles. The Morgan fingerprint density at radius 3 is 1.13 bits per heavy atom. The molecule has 2 aromatic heterocycles. The first-order chi connectivity index (χ1) is 22.8. The fourth-order valence-corrected chi connectivity index (χ4v) is 5.89. The van der Waals surface area contributed by atoms with E-state index in [1.54, 1.807) is 0 Å². The van der Waals surface area contributed by atoms with Gasteiger partial charge in [0.15, 0.2) is 0 Å². The molecule has 6 aromatic rings. The van der Waals surface area contributed by atoms with Gasteiger partial charge in [-0.1, -0.05) is 121 Å². The minimum atomic E-state index is 0. The molecule has 4 aromatic carbocycles. The standard InChI is InChI=1S/C38H26N8.Pt/c1-5-13-27(14-6-1)43-23-31-32-24-45(29-17-9-3-10-18-29)37(40-32)22-38-42-34(26-46(38)30-19-11-4-12-20-30)33-25-44(28-15-7-2-8-16-28)36(41-33)21-35(43)39-31;/h1-26H;/q-2;+2. The van der Waals surface area contributed by atoms with E-state index >= 15 is 0 Å². The number of hydrogen-bond donors (Lipinski definition) is 0. The van der Waals surface area contributed by atoms with Crippen LogP contribution in [0.5, 0.6) is 0 Å². The van der Waals surface area contributed by atoms with E-state index in [1.807, 2.05) is 110 Å². The first kappa shape index (κ1) is 28.6. The molecule has 0 unspecified atom stereocenters. The molecule has 228 valence electrons. The van der Waals surface area contributed by atoms with Crippen molar-refractivity contribution >= 4 is 34.9 Å². The summed E-state index contributed by atoms with van der Waals surface area (Å²) >= 11 is 0. The first-order valence-corrected chi connectivity index (χ1v) is 15.1. The number of para-hydroxylation sites is 4. The van der Waals surface area contributed by atoms with Crippen LogP contribution in [0.2, 0.25) is 0 Å². The van der Waals surface area contributed by atoms with E-state index < -0.39 is 0 Å². The van der Waals surface area contributed by atoms with Crippen molar-refractivity contribution in [3.8, 4) is 11.4 Å². The molecule has 8 bridgehead atoms. The SMILES string of the molecule is C1=C2[N-]C(=Cc3nc(cn3-c3ccccc3)C3=CN(c4ccccc4)C(=Cc4nc2cn4-c2ccccc2)[N-]3)N1c1ccccc1.[Pt+2]. The zero-order valence-electron chi connectivity index (χ0n) is 24.9. The molecule has 0 saturated carbocycles. The van der Waals surface area contributed by atoms with Crippen molar-refractivity contribution in [2.45, 2.75) is 0 Å². The number of aromatic nitrogens is 4. The normalized spacial score (nSPS) is 14.6. The van der Waals surface area contributed by atoms with Crippen molar-refractivity contribution in [1.29, 1.82) is 0 Å². The molecule has 0 atom stereocenters. The predicted molar refractivity (Wildman–Crippen MR) is 184 cm³/mol. The molecule has 0 fully saturated rings. The molecule has 9 rings (SSSR count). The first-order valence-electron chi connectivity index (χ1n) is 15.1. The molecule has 0 N–H and O–H groups in total. The largest absolute Gasteiger partial charge is 2.00 e. The molecule has 0 amide bonds. The van der Waals surface area contributed by atoms with Crippen LogP contribution in [0.3, 0.4) is 0 Å². The Morgan fingerprint density at radius 1 is 0.426 bits per heavy atom. The maximum atomic E-state index is 5.15. The average molecular weight is 790 g/mol. The second-order valence-electron chi connectivity index (χ2n) is 11.0. The Hall–Kier alpha value is -5.85. The summed E-state index contributed by atoms with van der Waals surface area (Å²) < 4.78 is 4.18. The Bertz CT molecular complexity index is 2040. The van der Waals surface area contributed by atoms with Gasteiger partial charge in [-0.05, 0) is 59.2 Å². The minimum absolute atomic E-state index is 0. The quantitative estimate of drug-likeness (QED) is 0.179.